The molecule has 1 rings (SSSR count). The number of unbranched alkanes of at least 4 members (excludes halogenated alkanes) is 1. The summed E-state index contributed by atoms with van der Waals surface area (Å²) in [7, 11) is 0. The predicted molar refractivity (Wildman–Crippen MR) is 86.4 cm³/mol. The lowest BCUT2D eigenvalue weighted by molar-refractivity contribution is 0.309. The fraction of sp³-hybridized carbons (Fsp3) is 0.562. The Kier molecular flexibility index (Phi) is 6.43. The summed E-state index contributed by atoms with van der Waals surface area (Å²) in [6.45, 7) is 11.5. The smallest absolute Gasteiger partial charge is 0.119 e. The zero-order valence-electron chi connectivity index (χ0n) is 12.7. The molecule has 0 saturated heterocycles. The highest BCUT2D eigenvalue weighted by Crippen LogP contribution is 2.25. The van der Waals surface area contributed by atoms with Crippen molar-refractivity contribution >= 4 is 17.7 Å². The van der Waals surface area contributed by atoms with Crippen LogP contribution in [0, 0.1) is 0 Å². The van der Waals surface area contributed by atoms with E-state index in [1.165, 1.54) is 0 Å². The first-order valence-electron chi connectivity index (χ1n) is 6.88. The average molecular weight is 279 g/mol. The maximum atomic E-state index is 5.65. The fourth-order valence-corrected chi connectivity index (χ4v) is 1.90. The van der Waals surface area contributed by atoms with Crippen LogP contribution in [0.4, 0.5) is 0 Å². The molecule has 0 aromatic heterocycles. The van der Waals surface area contributed by atoms with Crippen LogP contribution in [0.3, 0.4) is 0 Å². The molecule has 0 N–H and O–H groups in total. The zero-order valence-corrected chi connectivity index (χ0v) is 13.5. The van der Waals surface area contributed by atoms with Crippen molar-refractivity contribution in [3.8, 4) is 5.75 Å². The molecular formula is C16H25NOS. The first-order valence-corrected chi connectivity index (χ1v) is 7.65. The van der Waals surface area contributed by atoms with E-state index >= 15 is 0 Å². The lowest BCUT2D eigenvalue weighted by Crippen LogP contribution is -2.06. The largest absolute Gasteiger partial charge is 0.494 e. The maximum absolute atomic E-state index is 5.65. The van der Waals surface area contributed by atoms with Gasteiger partial charge < -0.3 is 4.74 Å². The molecule has 1 aromatic rings. The van der Waals surface area contributed by atoms with E-state index in [4.69, 9.17) is 4.74 Å². The Bertz CT molecular complexity index is 404. The second-order valence-electron chi connectivity index (χ2n) is 5.61. The molecule has 0 saturated carbocycles. The Morgan fingerprint density at radius 3 is 2.37 bits per heavy atom. The van der Waals surface area contributed by atoms with Crippen LogP contribution in [0.2, 0.25) is 0 Å². The lowest BCUT2D eigenvalue weighted by Gasteiger charge is -2.13. The van der Waals surface area contributed by atoms with Gasteiger partial charge in [0.2, 0.25) is 0 Å². The molecule has 19 heavy (non-hydrogen) atoms. The Hall–Kier alpha value is -0.960. The Morgan fingerprint density at radius 1 is 1.21 bits per heavy atom. The van der Waals surface area contributed by atoms with Crippen molar-refractivity contribution in [2.45, 2.75) is 52.2 Å². The van der Waals surface area contributed by atoms with E-state index in [0.29, 0.717) is 0 Å². The Labute approximate surface area is 121 Å². The Balaban J connectivity index is 2.60. The highest BCUT2D eigenvalue weighted by atomic mass is 32.2. The number of rotatable bonds is 6. The number of ether oxygens (including phenoxy) is 1. The van der Waals surface area contributed by atoms with Crippen LogP contribution in [0.5, 0.6) is 5.75 Å². The van der Waals surface area contributed by atoms with Crippen LogP contribution in [-0.2, 0) is 0 Å². The van der Waals surface area contributed by atoms with Crippen LogP contribution in [0.15, 0.2) is 28.7 Å². The van der Waals surface area contributed by atoms with Gasteiger partial charge >= 0.3 is 0 Å². The first-order chi connectivity index (χ1) is 8.92. The van der Waals surface area contributed by atoms with E-state index in [2.05, 4.69) is 44.2 Å². The van der Waals surface area contributed by atoms with E-state index in [9.17, 15) is 0 Å². The normalized spacial score (nSPS) is 12.6. The molecule has 0 aliphatic carbocycles. The van der Waals surface area contributed by atoms with Gasteiger partial charge in [-0.2, -0.15) is 0 Å². The third-order valence-corrected chi connectivity index (χ3v) is 3.41. The van der Waals surface area contributed by atoms with Gasteiger partial charge in [0, 0.05) is 4.75 Å². The minimum atomic E-state index is 0.157. The second-order valence-corrected chi connectivity index (χ2v) is 7.20. The number of hydrogen-bond donors (Lipinski definition) is 0. The molecule has 0 heterocycles. The van der Waals surface area contributed by atoms with Crippen LogP contribution < -0.4 is 4.74 Å². The SMILES string of the molecule is CCCCOc1ccc(/C(C)=N\SC(C)(C)C)cc1. The first kappa shape index (κ1) is 16.1. The van der Waals surface area contributed by atoms with E-state index in [0.717, 1.165) is 36.5 Å². The van der Waals surface area contributed by atoms with Gasteiger partial charge in [-0.05, 0) is 75.9 Å². The molecule has 0 fully saturated rings. The minimum absolute atomic E-state index is 0.157. The molecule has 0 aliphatic rings. The molecule has 0 spiro atoms. The van der Waals surface area contributed by atoms with Crippen LogP contribution in [0.25, 0.3) is 0 Å². The molecule has 0 aliphatic heterocycles. The molecule has 0 amide bonds. The molecular weight excluding hydrogens is 254 g/mol. The van der Waals surface area contributed by atoms with Crippen LogP contribution in [0.1, 0.15) is 53.0 Å². The summed E-state index contributed by atoms with van der Waals surface area (Å²) in [5, 5.41) is 0. The van der Waals surface area contributed by atoms with Crippen LogP contribution in [-0.4, -0.2) is 17.1 Å². The summed E-state index contributed by atoms with van der Waals surface area (Å²) in [6, 6.07) is 8.18. The van der Waals surface area contributed by atoms with Gasteiger partial charge in [0.15, 0.2) is 0 Å². The van der Waals surface area contributed by atoms with Crippen molar-refractivity contribution in [3.63, 3.8) is 0 Å². The maximum Gasteiger partial charge on any atom is 0.119 e. The molecule has 106 valence electrons. The van der Waals surface area contributed by atoms with Gasteiger partial charge in [0.1, 0.15) is 5.75 Å². The Morgan fingerprint density at radius 2 is 1.84 bits per heavy atom. The monoisotopic (exact) mass is 279 g/mol. The van der Waals surface area contributed by atoms with E-state index in [-0.39, 0.29) is 4.75 Å². The van der Waals surface area contributed by atoms with Gasteiger partial charge in [-0.15, -0.1) is 0 Å². The average Bonchev–Trinajstić information content (AvgIpc) is 2.36. The third-order valence-electron chi connectivity index (χ3n) is 2.50. The standard InChI is InChI=1S/C16H25NOS/c1-6-7-12-18-15-10-8-14(9-11-15)13(2)17-19-16(3,4)5/h8-11H,6-7,12H2,1-5H3/b17-13-. The van der Waals surface area contributed by atoms with Crippen LogP contribution >= 0.6 is 11.9 Å². The fourth-order valence-electron chi connectivity index (χ4n) is 1.38. The van der Waals surface area contributed by atoms with Crippen molar-refractivity contribution in [2.75, 3.05) is 6.61 Å². The van der Waals surface area contributed by atoms with Gasteiger partial charge in [-0.25, -0.2) is 4.40 Å². The summed E-state index contributed by atoms with van der Waals surface area (Å²) in [5.41, 5.74) is 2.21. The second kappa shape index (κ2) is 7.59. The van der Waals surface area contributed by atoms with Crippen molar-refractivity contribution < 1.29 is 4.74 Å². The van der Waals surface area contributed by atoms with Gasteiger partial charge in [-0.1, -0.05) is 13.3 Å². The third kappa shape index (κ3) is 6.67. The lowest BCUT2D eigenvalue weighted by atomic mass is 10.1. The highest BCUT2D eigenvalue weighted by molar-refractivity contribution is 7.99. The summed E-state index contributed by atoms with van der Waals surface area (Å²) >= 11 is 1.61. The van der Waals surface area contributed by atoms with Gasteiger partial charge in [0.05, 0.1) is 12.3 Å². The molecule has 2 nitrogen and oxygen atoms in total. The molecule has 3 heteroatoms. The molecule has 1 aromatic carbocycles. The zero-order chi connectivity index (χ0) is 14.3. The summed E-state index contributed by atoms with van der Waals surface area (Å²) in [4.78, 5) is 0. The molecule has 0 atom stereocenters. The summed E-state index contributed by atoms with van der Waals surface area (Å²) in [5.74, 6) is 0.938. The van der Waals surface area contributed by atoms with E-state index in [1.807, 2.05) is 19.1 Å². The molecule has 0 unspecified atom stereocenters. The van der Waals surface area contributed by atoms with Gasteiger partial charge in [-0.3, -0.25) is 0 Å². The molecule has 0 radical (unpaired) electrons. The van der Waals surface area contributed by atoms with E-state index in [1.54, 1.807) is 11.9 Å². The summed E-state index contributed by atoms with van der Waals surface area (Å²) in [6.07, 6.45) is 2.26. The predicted octanol–water partition coefficient (Wildman–Crippen LogP) is 5.12. The van der Waals surface area contributed by atoms with Crippen molar-refractivity contribution in [1.29, 1.82) is 0 Å². The number of nitrogens with zero attached hydrogens (tertiary/aromatic N) is 1. The quantitative estimate of drug-likeness (QED) is 0.409. The van der Waals surface area contributed by atoms with Crippen molar-refractivity contribution in [2.24, 2.45) is 4.40 Å². The minimum Gasteiger partial charge on any atom is -0.494 e. The number of benzene rings is 1. The van der Waals surface area contributed by atoms with Gasteiger partial charge in [0.25, 0.3) is 0 Å². The van der Waals surface area contributed by atoms with E-state index < -0.39 is 0 Å². The highest BCUT2D eigenvalue weighted by Gasteiger charge is 2.10. The topological polar surface area (TPSA) is 21.6 Å². The molecule has 0 bridgehead atoms. The number of hydrogen-bond acceptors (Lipinski definition) is 3. The van der Waals surface area contributed by atoms with Crippen molar-refractivity contribution in [1.82, 2.24) is 0 Å². The summed E-state index contributed by atoms with van der Waals surface area (Å²) < 4.78 is 10.4. The van der Waals surface area contributed by atoms with Crippen molar-refractivity contribution in [3.05, 3.63) is 29.8 Å².